The third-order valence-corrected chi connectivity index (χ3v) is 2.06. The molecule has 0 fully saturated rings. The number of alkyl halides is 3. The highest BCUT2D eigenvalue weighted by Gasteiger charge is 2.25. The van der Waals surface area contributed by atoms with Crippen molar-refractivity contribution in [3.05, 3.63) is 23.9 Å². The fourth-order valence-corrected chi connectivity index (χ4v) is 1.21. The lowest BCUT2D eigenvalue weighted by atomic mass is 10.2. The van der Waals surface area contributed by atoms with E-state index in [9.17, 15) is 13.2 Å². The van der Waals surface area contributed by atoms with Gasteiger partial charge in [0.1, 0.15) is 6.61 Å². The largest absolute Gasteiger partial charge is 0.476 e. The molecule has 0 bridgehead atoms. The minimum atomic E-state index is -4.18. The standard InChI is InChI=1S/C11H15F3N2O/c1-2-9-3-4-16-10(7-9)17-6-5-15-8-11(12,13)14/h3-4,7,15H,2,5-6,8H2,1H3. The Morgan fingerprint density at radius 3 is 2.82 bits per heavy atom. The summed E-state index contributed by atoms with van der Waals surface area (Å²) in [6, 6.07) is 3.65. The van der Waals surface area contributed by atoms with Crippen molar-refractivity contribution in [3.8, 4) is 5.88 Å². The molecule has 0 amide bonds. The summed E-state index contributed by atoms with van der Waals surface area (Å²) in [6.07, 6.45) is -1.69. The van der Waals surface area contributed by atoms with Gasteiger partial charge >= 0.3 is 6.18 Å². The van der Waals surface area contributed by atoms with Gasteiger partial charge in [-0.3, -0.25) is 0 Å². The first-order valence-corrected chi connectivity index (χ1v) is 5.36. The number of hydrogen-bond acceptors (Lipinski definition) is 3. The SMILES string of the molecule is CCc1ccnc(OCCNCC(F)(F)F)c1. The maximum absolute atomic E-state index is 11.8. The minimum absolute atomic E-state index is 0.136. The molecular weight excluding hydrogens is 233 g/mol. The van der Waals surface area contributed by atoms with Crippen LogP contribution in [0.3, 0.4) is 0 Å². The van der Waals surface area contributed by atoms with Gasteiger partial charge in [-0.1, -0.05) is 6.92 Å². The number of halogens is 3. The second-order valence-electron chi connectivity index (χ2n) is 3.50. The van der Waals surface area contributed by atoms with Crippen LogP contribution in [0.5, 0.6) is 5.88 Å². The average molecular weight is 248 g/mol. The maximum atomic E-state index is 11.8. The first-order chi connectivity index (χ1) is 8.01. The van der Waals surface area contributed by atoms with Gasteiger partial charge in [0.25, 0.3) is 0 Å². The summed E-state index contributed by atoms with van der Waals surface area (Å²) in [5.41, 5.74) is 1.08. The molecule has 0 atom stereocenters. The van der Waals surface area contributed by atoms with Crippen molar-refractivity contribution in [1.29, 1.82) is 0 Å². The lowest BCUT2D eigenvalue weighted by Gasteiger charge is -2.09. The smallest absolute Gasteiger partial charge is 0.401 e. The Morgan fingerprint density at radius 1 is 1.41 bits per heavy atom. The van der Waals surface area contributed by atoms with E-state index in [2.05, 4.69) is 10.3 Å². The summed E-state index contributed by atoms with van der Waals surface area (Å²) < 4.78 is 40.6. The highest BCUT2D eigenvalue weighted by atomic mass is 19.4. The van der Waals surface area contributed by atoms with E-state index < -0.39 is 12.7 Å². The quantitative estimate of drug-likeness (QED) is 0.783. The Balaban J connectivity index is 2.22. The molecule has 0 aliphatic heterocycles. The molecule has 0 radical (unpaired) electrons. The molecule has 1 aromatic rings. The van der Waals surface area contributed by atoms with Crippen molar-refractivity contribution in [3.63, 3.8) is 0 Å². The van der Waals surface area contributed by atoms with Crippen LogP contribution in [0.25, 0.3) is 0 Å². The van der Waals surface area contributed by atoms with E-state index in [0.29, 0.717) is 5.88 Å². The highest BCUT2D eigenvalue weighted by Crippen LogP contribution is 2.12. The predicted molar refractivity (Wildman–Crippen MR) is 58.0 cm³/mol. The van der Waals surface area contributed by atoms with E-state index in [0.717, 1.165) is 12.0 Å². The number of pyridine rings is 1. The van der Waals surface area contributed by atoms with Crippen molar-refractivity contribution in [2.75, 3.05) is 19.7 Å². The van der Waals surface area contributed by atoms with Gasteiger partial charge in [-0.2, -0.15) is 13.2 Å². The summed E-state index contributed by atoms with van der Waals surface area (Å²) >= 11 is 0. The van der Waals surface area contributed by atoms with Gasteiger partial charge in [-0.05, 0) is 18.1 Å². The fraction of sp³-hybridized carbons (Fsp3) is 0.545. The normalized spacial score (nSPS) is 11.5. The van der Waals surface area contributed by atoms with Gasteiger partial charge in [-0.25, -0.2) is 4.98 Å². The molecule has 0 aromatic carbocycles. The van der Waals surface area contributed by atoms with Gasteiger partial charge in [-0.15, -0.1) is 0 Å². The van der Waals surface area contributed by atoms with Crippen molar-refractivity contribution >= 4 is 0 Å². The molecule has 1 aromatic heterocycles. The van der Waals surface area contributed by atoms with Crippen LogP contribution in [-0.2, 0) is 6.42 Å². The number of rotatable bonds is 6. The molecule has 0 saturated heterocycles. The molecule has 0 saturated carbocycles. The molecule has 0 aliphatic rings. The average Bonchev–Trinajstić information content (AvgIpc) is 2.27. The molecule has 1 rings (SSSR count). The van der Waals surface area contributed by atoms with Crippen LogP contribution in [-0.4, -0.2) is 30.9 Å². The van der Waals surface area contributed by atoms with E-state index in [1.54, 1.807) is 12.3 Å². The molecule has 0 unspecified atom stereocenters. The summed E-state index contributed by atoms with van der Waals surface area (Å²) in [5, 5.41) is 2.25. The lowest BCUT2D eigenvalue weighted by Crippen LogP contribution is -2.31. The first kappa shape index (κ1) is 13.8. The van der Waals surface area contributed by atoms with Crippen molar-refractivity contribution in [2.24, 2.45) is 0 Å². The summed E-state index contributed by atoms with van der Waals surface area (Å²) in [7, 11) is 0. The second kappa shape index (κ2) is 6.44. The topological polar surface area (TPSA) is 34.1 Å². The fourth-order valence-electron chi connectivity index (χ4n) is 1.21. The molecular formula is C11H15F3N2O. The first-order valence-electron chi connectivity index (χ1n) is 5.36. The molecule has 1 N–H and O–H groups in total. The Hall–Kier alpha value is -1.30. The van der Waals surface area contributed by atoms with Crippen LogP contribution in [0, 0.1) is 0 Å². The van der Waals surface area contributed by atoms with Gasteiger partial charge < -0.3 is 10.1 Å². The van der Waals surface area contributed by atoms with Crippen molar-refractivity contribution < 1.29 is 17.9 Å². The van der Waals surface area contributed by atoms with Crippen LogP contribution >= 0.6 is 0 Å². The number of hydrogen-bond donors (Lipinski definition) is 1. The molecule has 6 heteroatoms. The van der Waals surface area contributed by atoms with Gasteiger partial charge in [0, 0.05) is 18.8 Å². The summed E-state index contributed by atoms with van der Waals surface area (Å²) in [5.74, 6) is 0.443. The zero-order valence-electron chi connectivity index (χ0n) is 9.55. The minimum Gasteiger partial charge on any atom is -0.476 e. The number of aryl methyl sites for hydroxylation is 1. The predicted octanol–water partition coefficient (Wildman–Crippen LogP) is 2.17. The van der Waals surface area contributed by atoms with Gasteiger partial charge in [0.15, 0.2) is 0 Å². The van der Waals surface area contributed by atoms with Crippen molar-refractivity contribution in [1.82, 2.24) is 10.3 Å². The maximum Gasteiger partial charge on any atom is 0.401 e. The second-order valence-corrected chi connectivity index (χ2v) is 3.50. The summed E-state index contributed by atoms with van der Waals surface area (Å²) in [6.45, 7) is 1.30. The van der Waals surface area contributed by atoms with Crippen LogP contribution in [0.2, 0.25) is 0 Å². The number of nitrogens with one attached hydrogen (secondary N) is 1. The zero-order valence-corrected chi connectivity index (χ0v) is 9.55. The number of nitrogens with zero attached hydrogens (tertiary/aromatic N) is 1. The molecule has 0 aliphatic carbocycles. The van der Waals surface area contributed by atoms with E-state index in [1.807, 2.05) is 13.0 Å². The van der Waals surface area contributed by atoms with E-state index in [-0.39, 0.29) is 13.2 Å². The highest BCUT2D eigenvalue weighted by molar-refractivity contribution is 5.20. The molecule has 96 valence electrons. The molecule has 1 heterocycles. The Morgan fingerprint density at radius 2 is 2.18 bits per heavy atom. The molecule has 3 nitrogen and oxygen atoms in total. The van der Waals surface area contributed by atoms with E-state index >= 15 is 0 Å². The lowest BCUT2D eigenvalue weighted by molar-refractivity contribution is -0.124. The van der Waals surface area contributed by atoms with Gasteiger partial charge in [0.05, 0.1) is 6.54 Å². The van der Waals surface area contributed by atoms with Crippen molar-refractivity contribution in [2.45, 2.75) is 19.5 Å². The zero-order chi connectivity index (χ0) is 12.7. The van der Waals surface area contributed by atoms with Crippen LogP contribution in [0.4, 0.5) is 13.2 Å². The Labute approximate surface area is 98.0 Å². The monoisotopic (exact) mass is 248 g/mol. The summed E-state index contributed by atoms with van der Waals surface area (Å²) in [4.78, 5) is 3.96. The van der Waals surface area contributed by atoms with Gasteiger partial charge in [0.2, 0.25) is 5.88 Å². The number of aromatic nitrogens is 1. The number of ether oxygens (including phenoxy) is 1. The van der Waals surface area contributed by atoms with E-state index in [1.165, 1.54) is 0 Å². The Kier molecular flexibility index (Phi) is 5.21. The molecule has 17 heavy (non-hydrogen) atoms. The third-order valence-electron chi connectivity index (χ3n) is 2.06. The third kappa shape index (κ3) is 6.11. The van der Waals surface area contributed by atoms with Crippen LogP contribution in [0.1, 0.15) is 12.5 Å². The van der Waals surface area contributed by atoms with E-state index in [4.69, 9.17) is 4.74 Å². The van der Waals surface area contributed by atoms with Crippen LogP contribution < -0.4 is 10.1 Å². The van der Waals surface area contributed by atoms with Crippen LogP contribution in [0.15, 0.2) is 18.3 Å². The molecule has 0 spiro atoms. The Bertz CT molecular complexity index is 342.